The van der Waals surface area contributed by atoms with E-state index in [9.17, 15) is 0 Å². The summed E-state index contributed by atoms with van der Waals surface area (Å²) in [6.07, 6.45) is 6.44. The molecule has 0 bridgehead atoms. The summed E-state index contributed by atoms with van der Waals surface area (Å²) in [5.74, 6) is 0. The smallest absolute Gasteiger partial charge is 0.0283 e. The van der Waals surface area contributed by atoms with E-state index in [1.165, 1.54) is 32.1 Å². The third-order valence-electron chi connectivity index (χ3n) is 3.18. The summed E-state index contributed by atoms with van der Waals surface area (Å²) in [4.78, 5) is 2.41. The van der Waals surface area contributed by atoms with Crippen LogP contribution >= 0.6 is 0 Å². The van der Waals surface area contributed by atoms with E-state index in [1.807, 2.05) is 0 Å². The standard InChI is InChI=1S/C13H28N2/c1-12(2,3)10-15(4)11-13(14)8-6-5-7-9-13/h5-11,14H2,1-4H3. The lowest BCUT2D eigenvalue weighted by Crippen LogP contribution is -2.51. The van der Waals surface area contributed by atoms with Crippen LogP contribution in [0.5, 0.6) is 0 Å². The van der Waals surface area contributed by atoms with Gasteiger partial charge in [-0.15, -0.1) is 0 Å². The second-order valence-electron chi connectivity index (χ2n) is 6.66. The number of likely N-dealkylation sites (N-methyl/N-ethyl adjacent to an activating group) is 1. The van der Waals surface area contributed by atoms with Crippen molar-refractivity contribution in [1.82, 2.24) is 4.90 Å². The minimum Gasteiger partial charge on any atom is -0.324 e. The van der Waals surface area contributed by atoms with Gasteiger partial charge < -0.3 is 10.6 Å². The van der Waals surface area contributed by atoms with Crippen molar-refractivity contribution in [2.45, 2.75) is 58.4 Å². The van der Waals surface area contributed by atoms with Crippen molar-refractivity contribution in [2.24, 2.45) is 11.1 Å². The van der Waals surface area contributed by atoms with Crippen molar-refractivity contribution in [2.75, 3.05) is 20.1 Å². The molecular weight excluding hydrogens is 184 g/mol. The Bertz CT molecular complexity index is 187. The fraction of sp³-hybridized carbons (Fsp3) is 1.00. The van der Waals surface area contributed by atoms with Gasteiger partial charge in [0.1, 0.15) is 0 Å². The first-order chi connectivity index (χ1) is 6.81. The van der Waals surface area contributed by atoms with E-state index >= 15 is 0 Å². The first-order valence-corrected chi connectivity index (χ1v) is 6.28. The first kappa shape index (κ1) is 13.0. The van der Waals surface area contributed by atoms with Crippen molar-refractivity contribution in [1.29, 1.82) is 0 Å². The summed E-state index contributed by atoms with van der Waals surface area (Å²) in [7, 11) is 2.20. The Balaban J connectivity index is 2.38. The van der Waals surface area contributed by atoms with Gasteiger partial charge in [-0.2, -0.15) is 0 Å². The molecule has 1 fully saturated rings. The number of rotatable bonds is 3. The highest BCUT2D eigenvalue weighted by Gasteiger charge is 2.29. The summed E-state index contributed by atoms with van der Waals surface area (Å²) in [5.41, 5.74) is 6.91. The Kier molecular flexibility index (Phi) is 4.19. The molecule has 0 atom stereocenters. The molecule has 0 unspecified atom stereocenters. The molecular formula is C13H28N2. The molecule has 0 amide bonds. The molecule has 0 spiro atoms. The van der Waals surface area contributed by atoms with Crippen molar-refractivity contribution < 1.29 is 0 Å². The van der Waals surface area contributed by atoms with E-state index in [1.54, 1.807) is 0 Å². The number of nitrogens with two attached hydrogens (primary N) is 1. The zero-order valence-electron chi connectivity index (χ0n) is 11.0. The van der Waals surface area contributed by atoms with Crippen LogP contribution in [0.25, 0.3) is 0 Å². The molecule has 2 nitrogen and oxygen atoms in total. The Morgan fingerprint density at radius 1 is 1.13 bits per heavy atom. The molecule has 1 aliphatic carbocycles. The molecule has 0 radical (unpaired) electrons. The summed E-state index contributed by atoms with van der Waals surface area (Å²) >= 11 is 0. The molecule has 0 aromatic carbocycles. The molecule has 1 aliphatic rings. The Morgan fingerprint density at radius 2 is 1.67 bits per heavy atom. The van der Waals surface area contributed by atoms with E-state index in [-0.39, 0.29) is 5.54 Å². The summed E-state index contributed by atoms with van der Waals surface area (Å²) in [6.45, 7) is 9.05. The molecule has 2 N–H and O–H groups in total. The monoisotopic (exact) mass is 212 g/mol. The van der Waals surface area contributed by atoms with Crippen LogP contribution in [0.15, 0.2) is 0 Å². The predicted molar refractivity (Wildman–Crippen MR) is 67.0 cm³/mol. The van der Waals surface area contributed by atoms with Gasteiger partial charge in [-0.1, -0.05) is 40.0 Å². The maximum absolute atomic E-state index is 6.44. The topological polar surface area (TPSA) is 29.3 Å². The maximum atomic E-state index is 6.44. The Hall–Kier alpha value is -0.0800. The van der Waals surface area contributed by atoms with Crippen molar-refractivity contribution in [3.8, 4) is 0 Å². The molecule has 0 aliphatic heterocycles. The van der Waals surface area contributed by atoms with Gasteiger partial charge in [-0.05, 0) is 25.3 Å². The van der Waals surface area contributed by atoms with E-state index in [4.69, 9.17) is 5.73 Å². The lowest BCUT2D eigenvalue weighted by Gasteiger charge is -2.38. The Morgan fingerprint density at radius 3 is 2.13 bits per heavy atom. The Labute approximate surface area is 95.2 Å². The zero-order chi connectivity index (χ0) is 11.5. The normalized spacial score (nSPS) is 22.0. The van der Waals surface area contributed by atoms with Gasteiger partial charge in [0.2, 0.25) is 0 Å². The quantitative estimate of drug-likeness (QED) is 0.779. The van der Waals surface area contributed by atoms with Crippen LogP contribution in [0.4, 0.5) is 0 Å². The average Bonchev–Trinajstić information content (AvgIpc) is 1.99. The number of hydrogen-bond donors (Lipinski definition) is 1. The second-order valence-corrected chi connectivity index (χ2v) is 6.66. The van der Waals surface area contributed by atoms with Gasteiger partial charge >= 0.3 is 0 Å². The van der Waals surface area contributed by atoms with Crippen molar-refractivity contribution in [3.05, 3.63) is 0 Å². The number of nitrogens with zero attached hydrogens (tertiary/aromatic N) is 1. The number of hydrogen-bond acceptors (Lipinski definition) is 2. The molecule has 1 saturated carbocycles. The van der Waals surface area contributed by atoms with Gasteiger partial charge in [0.25, 0.3) is 0 Å². The third-order valence-corrected chi connectivity index (χ3v) is 3.18. The van der Waals surface area contributed by atoms with Gasteiger partial charge in [-0.25, -0.2) is 0 Å². The summed E-state index contributed by atoms with van der Waals surface area (Å²) < 4.78 is 0. The lowest BCUT2D eigenvalue weighted by molar-refractivity contribution is 0.158. The van der Waals surface area contributed by atoms with E-state index in [0.29, 0.717) is 5.41 Å². The lowest BCUT2D eigenvalue weighted by atomic mass is 9.82. The molecule has 1 rings (SSSR count). The zero-order valence-corrected chi connectivity index (χ0v) is 11.0. The molecule has 0 aromatic heterocycles. The minimum absolute atomic E-state index is 0.0955. The van der Waals surface area contributed by atoms with Crippen LogP contribution < -0.4 is 5.73 Å². The predicted octanol–water partition coefficient (Wildman–Crippen LogP) is 2.63. The van der Waals surface area contributed by atoms with E-state index in [0.717, 1.165) is 13.1 Å². The van der Waals surface area contributed by atoms with E-state index < -0.39 is 0 Å². The highest BCUT2D eigenvalue weighted by Crippen LogP contribution is 2.27. The average molecular weight is 212 g/mol. The van der Waals surface area contributed by atoms with Crippen molar-refractivity contribution in [3.63, 3.8) is 0 Å². The third kappa shape index (κ3) is 4.98. The van der Waals surface area contributed by atoms with Crippen LogP contribution in [0.1, 0.15) is 52.9 Å². The summed E-state index contributed by atoms with van der Waals surface area (Å²) in [5, 5.41) is 0. The second kappa shape index (κ2) is 4.84. The van der Waals surface area contributed by atoms with Crippen molar-refractivity contribution >= 4 is 0 Å². The SMILES string of the molecule is CN(CC(C)(C)C)CC1(N)CCCCC1. The highest BCUT2D eigenvalue weighted by atomic mass is 15.1. The molecule has 15 heavy (non-hydrogen) atoms. The van der Waals surface area contributed by atoms with Gasteiger partial charge in [-0.3, -0.25) is 0 Å². The van der Waals surface area contributed by atoms with E-state index in [2.05, 4.69) is 32.7 Å². The molecule has 0 heterocycles. The molecule has 0 saturated heterocycles. The van der Waals surface area contributed by atoms with Gasteiger partial charge in [0.05, 0.1) is 0 Å². The minimum atomic E-state index is 0.0955. The largest absolute Gasteiger partial charge is 0.324 e. The summed E-state index contributed by atoms with van der Waals surface area (Å²) in [6, 6.07) is 0. The van der Waals surface area contributed by atoms with Crippen LogP contribution in [0, 0.1) is 5.41 Å². The first-order valence-electron chi connectivity index (χ1n) is 6.28. The fourth-order valence-corrected chi connectivity index (χ4v) is 2.82. The van der Waals surface area contributed by atoms with Gasteiger partial charge in [0.15, 0.2) is 0 Å². The molecule has 2 heteroatoms. The van der Waals surface area contributed by atoms with Gasteiger partial charge in [0, 0.05) is 18.6 Å². The van der Waals surface area contributed by atoms with Crippen LogP contribution in [-0.2, 0) is 0 Å². The fourth-order valence-electron chi connectivity index (χ4n) is 2.82. The molecule has 90 valence electrons. The molecule has 0 aromatic rings. The van der Waals surface area contributed by atoms with Crippen LogP contribution in [0.3, 0.4) is 0 Å². The van der Waals surface area contributed by atoms with Crippen LogP contribution in [0.2, 0.25) is 0 Å². The maximum Gasteiger partial charge on any atom is 0.0283 e. The van der Waals surface area contributed by atoms with Crippen LogP contribution in [-0.4, -0.2) is 30.6 Å². The highest BCUT2D eigenvalue weighted by molar-refractivity contribution is 4.90.